The predicted octanol–water partition coefficient (Wildman–Crippen LogP) is 3.91. The number of carbonyl (C=O) groups is 2. The molecular formula is C19H14ClNO6. The number of allylic oxidation sites excluding steroid dienone is 2. The lowest BCUT2D eigenvalue weighted by molar-refractivity contribution is -0.385. The van der Waals surface area contributed by atoms with E-state index in [4.69, 9.17) is 11.6 Å². The monoisotopic (exact) mass is 387 g/mol. The quantitative estimate of drug-likeness (QED) is 0.322. The molecule has 7 nitrogen and oxygen atoms in total. The fourth-order valence-electron chi connectivity index (χ4n) is 2.15. The zero-order valence-electron chi connectivity index (χ0n) is 13.8. The van der Waals surface area contributed by atoms with Crippen molar-refractivity contribution in [2.45, 2.75) is 6.42 Å². The van der Waals surface area contributed by atoms with Crippen molar-refractivity contribution in [2.75, 3.05) is 0 Å². The van der Waals surface area contributed by atoms with Crippen LogP contribution in [-0.2, 0) is 9.59 Å². The lowest BCUT2D eigenvalue weighted by Gasteiger charge is -1.99. The van der Waals surface area contributed by atoms with E-state index in [2.05, 4.69) is 0 Å². The minimum Gasteiger partial charge on any atom is -0.508 e. The van der Waals surface area contributed by atoms with Gasteiger partial charge in [0.1, 0.15) is 11.5 Å². The maximum atomic E-state index is 11.9. The number of nitro groups is 1. The molecule has 0 saturated heterocycles. The third-order valence-corrected chi connectivity index (χ3v) is 3.77. The Hall–Kier alpha value is -3.45. The number of aromatic hydroxyl groups is 2. The summed E-state index contributed by atoms with van der Waals surface area (Å²) in [4.78, 5) is 34.0. The summed E-state index contributed by atoms with van der Waals surface area (Å²) >= 11 is 5.91. The Bertz CT molecular complexity index is 965. The Morgan fingerprint density at radius 3 is 2.11 bits per heavy atom. The largest absolute Gasteiger partial charge is 0.508 e. The van der Waals surface area contributed by atoms with Gasteiger partial charge in [-0.25, -0.2) is 0 Å². The van der Waals surface area contributed by atoms with Crippen LogP contribution in [0, 0.1) is 10.1 Å². The van der Waals surface area contributed by atoms with Crippen molar-refractivity contribution < 1.29 is 24.7 Å². The van der Waals surface area contributed by atoms with Crippen LogP contribution < -0.4 is 0 Å². The summed E-state index contributed by atoms with van der Waals surface area (Å²) in [6.45, 7) is 0. The molecule has 0 atom stereocenters. The van der Waals surface area contributed by atoms with E-state index in [-0.39, 0.29) is 27.8 Å². The van der Waals surface area contributed by atoms with E-state index in [1.807, 2.05) is 0 Å². The lowest BCUT2D eigenvalue weighted by atomic mass is 10.1. The van der Waals surface area contributed by atoms with Gasteiger partial charge in [0.25, 0.3) is 5.69 Å². The highest BCUT2D eigenvalue weighted by Crippen LogP contribution is 2.25. The van der Waals surface area contributed by atoms with Crippen molar-refractivity contribution in [3.8, 4) is 11.5 Å². The number of hydrogen-bond donors (Lipinski definition) is 2. The second-order valence-electron chi connectivity index (χ2n) is 5.48. The van der Waals surface area contributed by atoms with Crippen LogP contribution in [0.1, 0.15) is 17.5 Å². The number of halogens is 1. The summed E-state index contributed by atoms with van der Waals surface area (Å²) < 4.78 is 0. The van der Waals surface area contributed by atoms with E-state index < -0.39 is 22.9 Å². The number of hydrogen-bond acceptors (Lipinski definition) is 6. The second kappa shape index (κ2) is 8.77. The highest BCUT2D eigenvalue weighted by Gasteiger charge is 2.12. The number of carbonyl (C=O) groups excluding carboxylic acids is 2. The summed E-state index contributed by atoms with van der Waals surface area (Å²) in [7, 11) is 0. The van der Waals surface area contributed by atoms with Gasteiger partial charge >= 0.3 is 0 Å². The molecule has 2 rings (SSSR count). The molecule has 0 spiro atoms. The van der Waals surface area contributed by atoms with Crippen molar-refractivity contribution >= 4 is 41.0 Å². The molecule has 27 heavy (non-hydrogen) atoms. The van der Waals surface area contributed by atoms with E-state index >= 15 is 0 Å². The standard InChI is InChI=1S/C19H14ClNO6/c20-18-11-17(25)5-2-12(18)1-4-15(23)10-16(24)6-3-13-9-14(22)7-8-19(13)21(26)27/h1-9,11,22,25H,10H2. The summed E-state index contributed by atoms with van der Waals surface area (Å²) in [6.07, 6.45) is 4.38. The molecule has 0 aliphatic heterocycles. The molecule has 0 aliphatic carbocycles. The number of nitrogens with zero attached hydrogens (tertiary/aromatic N) is 1. The molecule has 0 amide bonds. The lowest BCUT2D eigenvalue weighted by Crippen LogP contribution is -2.02. The van der Waals surface area contributed by atoms with Crippen LogP contribution >= 0.6 is 11.6 Å². The topological polar surface area (TPSA) is 118 Å². The first-order chi connectivity index (χ1) is 12.8. The van der Waals surface area contributed by atoms with Crippen LogP contribution in [0.15, 0.2) is 48.6 Å². The smallest absolute Gasteiger partial charge is 0.276 e. The fraction of sp³-hybridized carbons (Fsp3) is 0.0526. The zero-order chi connectivity index (χ0) is 20.0. The van der Waals surface area contributed by atoms with Crippen LogP contribution in [-0.4, -0.2) is 26.7 Å². The van der Waals surface area contributed by atoms with Gasteiger partial charge in [-0.2, -0.15) is 0 Å². The van der Waals surface area contributed by atoms with Crippen molar-refractivity contribution in [1.29, 1.82) is 0 Å². The Labute approximate surface area is 159 Å². The summed E-state index contributed by atoms with van der Waals surface area (Å²) in [5.74, 6) is -1.24. The average Bonchev–Trinajstić information content (AvgIpc) is 2.59. The zero-order valence-corrected chi connectivity index (χ0v) is 14.6. The molecule has 2 aromatic carbocycles. The van der Waals surface area contributed by atoms with Crippen molar-refractivity contribution in [2.24, 2.45) is 0 Å². The number of benzene rings is 2. The van der Waals surface area contributed by atoms with E-state index in [0.717, 1.165) is 18.2 Å². The summed E-state index contributed by atoms with van der Waals surface area (Å²) in [6, 6.07) is 7.68. The highest BCUT2D eigenvalue weighted by molar-refractivity contribution is 6.32. The first kappa shape index (κ1) is 19.9. The fourth-order valence-corrected chi connectivity index (χ4v) is 2.39. The third-order valence-electron chi connectivity index (χ3n) is 3.44. The Morgan fingerprint density at radius 1 is 0.963 bits per heavy atom. The minimum atomic E-state index is -0.640. The highest BCUT2D eigenvalue weighted by atomic mass is 35.5. The third kappa shape index (κ3) is 5.79. The molecule has 2 aromatic rings. The number of nitro benzene ring substituents is 1. The predicted molar refractivity (Wildman–Crippen MR) is 101 cm³/mol. The van der Waals surface area contributed by atoms with Crippen LogP contribution in [0.4, 0.5) is 5.69 Å². The first-order valence-corrected chi connectivity index (χ1v) is 8.02. The van der Waals surface area contributed by atoms with Gasteiger partial charge in [0.2, 0.25) is 0 Å². The molecule has 0 aromatic heterocycles. The van der Waals surface area contributed by atoms with E-state index in [0.29, 0.717) is 5.56 Å². The number of phenolic OH excluding ortho intramolecular Hbond substituents is 2. The maximum absolute atomic E-state index is 11.9. The maximum Gasteiger partial charge on any atom is 0.276 e. The Kier molecular flexibility index (Phi) is 6.46. The van der Waals surface area contributed by atoms with Gasteiger partial charge in [0.15, 0.2) is 11.6 Å². The van der Waals surface area contributed by atoms with Crippen molar-refractivity contribution in [3.63, 3.8) is 0 Å². The summed E-state index contributed by atoms with van der Waals surface area (Å²) in [5, 5.41) is 29.9. The molecule has 0 unspecified atom stereocenters. The van der Waals surface area contributed by atoms with E-state index in [1.165, 1.54) is 42.5 Å². The molecule has 0 radical (unpaired) electrons. The van der Waals surface area contributed by atoms with Crippen LogP contribution in [0.3, 0.4) is 0 Å². The first-order valence-electron chi connectivity index (χ1n) is 7.64. The van der Waals surface area contributed by atoms with Crippen LogP contribution in [0.5, 0.6) is 11.5 Å². The van der Waals surface area contributed by atoms with Gasteiger partial charge in [-0.1, -0.05) is 11.6 Å². The molecule has 8 heteroatoms. The number of rotatable bonds is 7. The van der Waals surface area contributed by atoms with Crippen LogP contribution in [0.2, 0.25) is 5.02 Å². The van der Waals surface area contributed by atoms with E-state index in [9.17, 15) is 29.9 Å². The minimum absolute atomic E-state index is 0.00941. The second-order valence-corrected chi connectivity index (χ2v) is 5.89. The van der Waals surface area contributed by atoms with Gasteiger partial charge in [0.05, 0.1) is 21.9 Å². The van der Waals surface area contributed by atoms with Gasteiger partial charge in [-0.15, -0.1) is 0 Å². The van der Waals surface area contributed by atoms with Gasteiger partial charge in [-0.05, 0) is 60.2 Å². The Morgan fingerprint density at radius 2 is 1.52 bits per heavy atom. The summed E-state index contributed by atoms with van der Waals surface area (Å²) in [5.41, 5.74) is 0.276. The van der Waals surface area contributed by atoms with Gasteiger partial charge < -0.3 is 10.2 Å². The molecule has 0 heterocycles. The van der Waals surface area contributed by atoms with Crippen LogP contribution in [0.25, 0.3) is 12.2 Å². The SMILES string of the molecule is O=C(C=Cc1ccc(O)cc1Cl)CC(=O)C=Cc1cc(O)ccc1[N+](=O)[O-]. The Balaban J connectivity index is 2.04. The molecule has 2 N–H and O–H groups in total. The van der Waals surface area contributed by atoms with Crippen molar-refractivity contribution in [1.82, 2.24) is 0 Å². The molecule has 0 saturated carbocycles. The molecule has 0 aliphatic rings. The van der Waals surface area contributed by atoms with E-state index in [1.54, 1.807) is 0 Å². The van der Waals surface area contributed by atoms with Crippen molar-refractivity contribution in [3.05, 3.63) is 74.8 Å². The molecule has 0 bridgehead atoms. The van der Waals surface area contributed by atoms with Gasteiger partial charge in [-0.3, -0.25) is 19.7 Å². The molecule has 0 fully saturated rings. The number of phenols is 2. The molecular weight excluding hydrogens is 374 g/mol. The van der Waals surface area contributed by atoms with Gasteiger partial charge in [0, 0.05) is 6.07 Å². The molecule has 138 valence electrons. The average molecular weight is 388 g/mol. The normalized spacial score (nSPS) is 11.1. The number of ketones is 2.